The Morgan fingerprint density at radius 1 is 1.00 bits per heavy atom. The number of nitrogens with zero attached hydrogens (tertiary/aromatic N) is 2. The predicted octanol–water partition coefficient (Wildman–Crippen LogP) is 3.43. The Bertz CT molecular complexity index is 1100. The number of ether oxygens (including phenoxy) is 2. The van der Waals surface area contributed by atoms with Crippen molar-refractivity contribution in [3.05, 3.63) is 70.8 Å². The summed E-state index contributed by atoms with van der Waals surface area (Å²) < 4.78 is 21.2. The van der Waals surface area contributed by atoms with E-state index in [0.717, 1.165) is 16.7 Å². The maximum atomic E-state index is 11.3. The molecule has 0 spiro atoms. The van der Waals surface area contributed by atoms with Gasteiger partial charge in [0.25, 0.3) is 5.89 Å². The lowest BCUT2D eigenvalue weighted by molar-refractivity contribution is 0.287. The number of fused-ring (bicyclic) bond motifs is 1. The molecule has 0 fully saturated rings. The van der Waals surface area contributed by atoms with E-state index in [1.807, 2.05) is 30.3 Å². The van der Waals surface area contributed by atoms with Gasteiger partial charge in [0.15, 0.2) is 6.61 Å². The summed E-state index contributed by atoms with van der Waals surface area (Å²) in [4.78, 5) is 15.6. The Morgan fingerprint density at radius 3 is 2.58 bits per heavy atom. The highest BCUT2D eigenvalue weighted by Gasteiger charge is 2.10. The van der Waals surface area contributed by atoms with Gasteiger partial charge in [-0.05, 0) is 42.5 Å². The van der Waals surface area contributed by atoms with Gasteiger partial charge in [-0.3, -0.25) is 0 Å². The van der Waals surface area contributed by atoms with Crippen molar-refractivity contribution >= 4 is 11.0 Å². The largest absolute Gasteiger partial charge is 0.497 e. The maximum Gasteiger partial charge on any atom is 0.336 e. The van der Waals surface area contributed by atoms with Gasteiger partial charge < -0.3 is 18.4 Å². The van der Waals surface area contributed by atoms with Crippen LogP contribution in [0.15, 0.2) is 68.3 Å². The number of benzene rings is 2. The first kappa shape index (κ1) is 15.9. The Kier molecular flexibility index (Phi) is 4.10. The Hall–Kier alpha value is -3.61. The summed E-state index contributed by atoms with van der Waals surface area (Å²) in [6.45, 7) is 0.127. The Morgan fingerprint density at radius 2 is 1.77 bits per heavy atom. The lowest BCUT2D eigenvalue weighted by Gasteiger charge is -2.03. The van der Waals surface area contributed by atoms with Crippen LogP contribution in [0, 0.1) is 0 Å². The van der Waals surface area contributed by atoms with Crippen LogP contribution in [-0.2, 0) is 6.61 Å². The van der Waals surface area contributed by atoms with Crippen molar-refractivity contribution in [1.82, 2.24) is 10.1 Å². The van der Waals surface area contributed by atoms with E-state index in [4.69, 9.17) is 18.4 Å². The molecule has 7 nitrogen and oxygen atoms in total. The van der Waals surface area contributed by atoms with Crippen LogP contribution in [0.3, 0.4) is 0 Å². The van der Waals surface area contributed by atoms with Crippen LogP contribution >= 0.6 is 0 Å². The molecule has 0 aliphatic carbocycles. The quantitative estimate of drug-likeness (QED) is 0.510. The number of hydrogen-bond donors (Lipinski definition) is 0. The zero-order valence-electron chi connectivity index (χ0n) is 13.8. The summed E-state index contributed by atoms with van der Waals surface area (Å²) in [5, 5.41) is 4.73. The molecule has 4 aromatic rings. The number of hydrogen-bond acceptors (Lipinski definition) is 7. The van der Waals surface area contributed by atoms with Gasteiger partial charge in [0, 0.05) is 23.1 Å². The second-order valence-electron chi connectivity index (χ2n) is 5.49. The van der Waals surface area contributed by atoms with Crippen molar-refractivity contribution in [2.45, 2.75) is 6.61 Å². The highest BCUT2D eigenvalue weighted by atomic mass is 16.5. The second-order valence-corrected chi connectivity index (χ2v) is 5.49. The van der Waals surface area contributed by atoms with Crippen LogP contribution < -0.4 is 15.1 Å². The summed E-state index contributed by atoms with van der Waals surface area (Å²) >= 11 is 0. The summed E-state index contributed by atoms with van der Waals surface area (Å²) in [7, 11) is 1.61. The molecule has 7 heteroatoms. The molecule has 4 rings (SSSR count). The third-order valence-electron chi connectivity index (χ3n) is 3.77. The van der Waals surface area contributed by atoms with Gasteiger partial charge in [0.2, 0.25) is 5.82 Å². The molecular formula is C19H14N2O5. The molecule has 0 amide bonds. The minimum atomic E-state index is -0.406. The third kappa shape index (κ3) is 3.27. The molecule has 0 bridgehead atoms. The fraction of sp³-hybridized carbons (Fsp3) is 0.105. The first-order valence-electron chi connectivity index (χ1n) is 7.85. The molecule has 0 N–H and O–H groups in total. The highest BCUT2D eigenvalue weighted by molar-refractivity contribution is 5.77. The fourth-order valence-electron chi connectivity index (χ4n) is 2.44. The molecule has 0 saturated carbocycles. The standard InChI is InChI=1S/C19H14N2O5/c1-23-14-6-3-13(4-7-14)19-20-17(21-26-19)11-24-15-8-2-12-5-9-18(22)25-16(12)10-15/h2-10H,11H2,1H3. The number of aromatic nitrogens is 2. The normalized spacial score (nSPS) is 10.8. The molecular weight excluding hydrogens is 336 g/mol. The molecule has 2 aromatic carbocycles. The van der Waals surface area contributed by atoms with Gasteiger partial charge in [-0.25, -0.2) is 4.79 Å². The third-order valence-corrected chi connectivity index (χ3v) is 3.77. The first-order valence-corrected chi connectivity index (χ1v) is 7.85. The molecule has 0 saturated heterocycles. The van der Waals surface area contributed by atoms with Crippen LogP contribution in [0.2, 0.25) is 0 Å². The maximum absolute atomic E-state index is 11.3. The van der Waals surface area contributed by atoms with Gasteiger partial charge >= 0.3 is 5.63 Å². The molecule has 130 valence electrons. The average molecular weight is 350 g/mol. The van der Waals surface area contributed by atoms with Gasteiger partial charge in [0.05, 0.1) is 7.11 Å². The summed E-state index contributed by atoms with van der Waals surface area (Å²) in [6.07, 6.45) is 0. The summed E-state index contributed by atoms with van der Waals surface area (Å²) in [6, 6.07) is 15.6. The van der Waals surface area contributed by atoms with Gasteiger partial charge in [-0.2, -0.15) is 4.98 Å². The topological polar surface area (TPSA) is 87.6 Å². The number of rotatable bonds is 5. The van der Waals surface area contributed by atoms with Crippen LogP contribution in [0.1, 0.15) is 5.82 Å². The molecule has 0 radical (unpaired) electrons. The fourth-order valence-corrected chi connectivity index (χ4v) is 2.44. The zero-order chi connectivity index (χ0) is 17.9. The van der Waals surface area contributed by atoms with E-state index >= 15 is 0 Å². The van der Waals surface area contributed by atoms with Crippen LogP contribution in [0.25, 0.3) is 22.4 Å². The van der Waals surface area contributed by atoms with Crippen LogP contribution in [-0.4, -0.2) is 17.3 Å². The van der Waals surface area contributed by atoms with Crippen molar-refractivity contribution in [3.8, 4) is 23.0 Å². The van der Waals surface area contributed by atoms with Crippen LogP contribution in [0.5, 0.6) is 11.5 Å². The van der Waals surface area contributed by atoms with Crippen molar-refractivity contribution in [3.63, 3.8) is 0 Å². The van der Waals surface area contributed by atoms with E-state index in [9.17, 15) is 4.79 Å². The van der Waals surface area contributed by atoms with Crippen molar-refractivity contribution in [1.29, 1.82) is 0 Å². The Labute approximate surface area is 147 Å². The molecule has 2 aromatic heterocycles. The Balaban J connectivity index is 1.48. The van der Waals surface area contributed by atoms with Crippen molar-refractivity contribution in [2.24, 2.45) is 0 Å². The molecule has 0 aliphatic heterocycles. The molecule has 0 atom stereocenters. The minimum Gasteiger partial charge on any atom is -0.497 e. The average Bonchev–Trinajstić information content (AvgIpc) is 3.15. The van der Waals surface area contributed by atoms with E-state index in [1.54, 1.807) is 25.3 Å². The summed E-state index contributed by atoms with van der Waals surface area (Å²) in [5.41, 5.74) is 0.844. The van der Waals surface area contributed by atoms with Crippen LogP contribution in [0.4, 0.5) is 0 Å². The molecule has 2 heterocycles. The molecule has 0 unspecified atom stereocenters. The van der Waals surface area contributed by atoms with E-state index in [1.165, 1.54) is 6.07 Å². The van der Waals surface area contributed by atoms with E-state index in [0.29, 0.717) is 23.0 Å². The van der Waals surface area contributed by atoms with E-state index in [-0.39, 0.29) is 6.61 Å². The second kappa shape index (κ2) is 6.72. The van der Waals surface area contributed by atoms with E-state index < -0.39 is 5.63 Å². The molecule has 0 aliphatic rings. The highest BCUT2D eigenvalue weighted by Crippen LogP contribution is 2.22. The SMILES string of the molecule is COc1ccc(-c2nc(COc3ccc4ccc(=O)oc4c3)no2)cc1. The number of methoxy groups -OCH3 is 1. The minimum absolute atomic E-state index is 0.127. The summed E-state index contributed by atoms with van der Waals surface area (Å²) in [5.74, 6) is 2.10. The lowest BCUT2D eigenvalue weighted by Crippen LogP contribution is -1.98. The first-order chi connectivity index (χ1) is 12.7. The van der Waals surface area contributed by atoms with Gasteiger partial charge in [-0.1, -0.05) is 5.16 Å². The van der Waals surface area contributed by atoms with E-state index in [2.05, 4.69) is 10.1 Å². The smallest absolute Gasteiger partial charge is 0.336 e. The van der Waals surface area contributed by atoms with Crippen molar-refractivity contribution < 1.29 is 18.4 Å². The predicted molar refractivity (Wildman–Crippen MR) is 93.1 cm³/mol. The van der Waals surface area contributed by atoms with Gasteiger partial charge in [-0.15, -0.1) is 0 Å². The lowest BCUT2D eigenvalue weighted by atomic mass is 10.2. The molecule has 26 heavy (non-hydrogen) atoms. The van der Waals surface area contributed by atoms with Crippen molar-refractivity contribution in [2.75, 3.05) is 7.11 Å². The monoisotopic (exact) mass is 350 g/mol. The van der Waals surface area contributed by atoms with Gasteiger partial charge in [0.1, 0.15) is 17.1 Å². The zero-order valence-corrected chi connectivity index (χ0v) is 13.8.